The molecule has 1 saturated carbocycles. The average Bonchev–Trinajstić information content (AvgIpc) is 2.64. The molecule has 1 fully saturated rings. The molecule has 0 spiro atoms. The van der Waals surface area contributed by atoms with E-state index in [9.17, 15) is 0 Å². The van der Waals surface area contributed by atoms with Crippen LogP contribution in [-0.4, -0.2) is 18.0 Å². The molecule has 1 unspecified atom stereocenters. The first-order valence-corrected chi connectivity index (χ1v) is 6.22. The zero-order valence-corrected chi connectivity index (χ0v) is 9.45. The van der Waals surface area contributed by atoms with E-state index in [1.165, 1.54) is 44.9 Å². The van der Waals surface area contributed by atoms with Crippen molar-refractivity contribution in [2.24, 2.45) is 0 Å². The fourth-order valence-corrected chi connectivity index (χ4v) is 2.32. The summed E-state index contributed by atoms with van der Waals surface area (Å²) < 4.78 is 0. The lowest BCUT2D eigenvalue weighted by Crippen LogP contribution is -2.37. The Morgan fingerprint density at radius 3 is 2.62 bits per heavy atom. The summed E-state index contributed by atoms with van der Waals surface area (Å²) in [4.78, 5) is 0. The van der Waals surface area contributed by atoms with Gasteiger partial charge in [0.15, 0.2) is 0 Å². The number of hydrogen-bond acceptors (Lipinski definition) is 1. The highest BCUT2D eigenvalue weighted by Gasteiger charge is 2.17. The smallest absolute Gasteiger partial charge is 0.0377 e. The second-order valence-corrected chi connectivity index (χ2v) is 4.45. The number of halogens is 1. The van der Waals surface area contributed by atoms with Crippen LogP contribution in [-0.2, 0) is 0 Å². The van der Waals surface area contributed by atoms with Crippen molar-refractivity contribution >= 4 is 11.6 Å². The largest absolute Gasteiger partial charge is 0.310 e. The molecule has 0 aliphatic heterocycles. The van der Waals surface area contributed by atoms with Crippen molar-refractivity contribution < 1.29 is 0 Å². The van der Waals surface area contributed by atoms with Gasteiger partial charge in [-0.3, -0.25) is 0 Å². The fraction of sp³-hybridized carbons (Fsp3) is 1.00. The molecule has 78 valence electrons. The Balaban J connectivity index is 2.13. The highest BCUT2D eigenvalue weighted by molar-refractivity contribution is 6.18. The predicted octanol–water partition coefficient (Wildman–Crippen LogP) is 3.32. The molecule has 0 heterocycles. The standard InChI is InChI=1S/C11H22ClN/c1-2-3-6-11(9-12)13-10-7-4-5-8-10/h10-11,13H,2-9H2,1H3. The molecule has 0 aromatic heterocycles. The zero-order chi connectivity index (χ0) is 9.52. The molecule has 0 amide bonds. The van der Waals surface area contributed by atoms with Gasteiger partial charge in [-0.15, -0.1) is 11.6 Å². The molecule has 1 aliphatic rings. The van der Waals surface area contributed by atoms with Crippen molar-refractivity contribution in [3.8, 4) is 0 Å². The lowest BCUT2D eigenvalue weighted by atomic mass is 10.1. The molecular formula is C11H22ClN. The summed E-state index contributed by atoms with van der Waals surface area (Å²) in [6.45, 7) is 2.24. The lowest BCUT2D eigenvalue weighted by Gasteiger charge is -2.20. The van der Waals surface area contributed by atoms with Gasteiger partial charge >= 0.3 is 0 Å². The lowest BCUT2D eigenvalue weighted by molar-refractivity contribution is 0.425. The summed E-state index contributed by atoms with van der Waals surface area (Å²) in [5.74, 6) is 0.774. The second-order valence-electron chi connectivity index (χ2n) is 4.14. The van der Waals surface area contributed by atoms with Gasteiger partial charge in [0, 0.05) is 18.0 Å². The summed E-state index contributed by atoms with van der Waals surface area (Å²) in [5, 5.41) is 3.67. The van der Waals surface area contributed by atoms with Crippen LogP contribution in [0.15, 0.2) is 0 Å². The van der Waals surface area contributed by atoms with Crippen molar-refractivity contribution in [3.63, 3.8) is 0 Å². The van der Waals surface area contributed by atoms with Crippen LogP contribution in [0.5, 0.6) is 0 Å². The van der Waals surface area contributed by atoms with Gasteiger partial charge < -0.3 is 5.32 Å². The molecule has 1 N–H and O–H groups in total. The molecule has 0 radical (unpaired) electrons. The van der Waals surface area contributed by atoms with Crippen LogP contribution in [0.4, 0.5) is 0 Å². The molecule has 0 aromatic rings. The summed E-state index contributed by atoms with van der Waals surface area (Å²) >= 11 is 5.92. The molecule has 2 heteroatoms. The van der Waals surface area contributed by atoms with Gasteiger partial charge in [0.25, 0.3) is 0 Å². The number of alkyl halides is 1. The minimum atomic E-state index is 0.560. The molecular weight excluding hydrogens is 182 g/mol. The SMILES string of the molecule is CCCCC(CCl)NC1CCCC1. The van der Waals surface area contributed by atoms with Gasteiger partial charge in [0.2, 0.25) is 0 Å². The van der Waals surface area contributed by atoms with Gasteiger partial charge in [-0.2, -0.15) is 0 Å². The molecule has 1 atom stereocenters. The van der Waals surface area contributed by atoms with Gasteiger partial charge in [-0.1, -0.05) is 32.6 Å². The third-order valence-corrected chi connectivity index (χ3v) is 3.29. The zero-order valence-electron chi connectivity index (χ0n) is 8.69. The first kappa shape index (κ1) is 11.3. The maximum absolute atomic E-state index is 5.92. The Hall–Kier alpha value is 0.250. The molecule has 0 bridgehead atoms. The molecule has 0 aromatic carbocycles. The highest BCUT2D eigenvalue weighted by atomic mass is 35.5. The van der Waals surface area contributed by atoms with Gasteiger partial charge in [0.1, 0.15) is 0 Å². The molecule has 0 saturated heterocycles. The van der Waals surface area contributed by atoms with Gasteiger partial charge in [-0.05, 0) is 19.3 Å². The van der Waals surface area contributed by atoms with E-state index in [0.29, 0.717) is 6.04 Å². The van der Waals surface area contributed by atoms with Gasteiger partial charge in [-0.25, -0.2) is 0 Å². The van der Waals surface area contributed by atoms with E-state index in [-0.39, 0.29) is 0 Å². The predicted molar refractivity (Wildman–Crippen MR) is 59.4 cm³/mol. The molecule has 1 aliphatic carbocycles. The summed E-state index contributed by atoms with van der Waals surface area (Å²) in [6.07, 6.45) is 9.35. The topological polar surface area (TPSA) is 12.0 Å². The van der Waals surface area contributed by atoms with E-state index in [1.807, 2.05) is 0 Å². The first-order chi connectivity index (χ1) is 6.36. The molecule has 13 heavy (non-hydrogen) atoms. The first-order valence-electron chi connectivity index (χ1n) is 5.68. The number of unbranched alkanes of at least 4 members (excludes halogenated alkanes) is 1. The minimum absolute atomic E-state index is 0.560. The Labute approximate surface area is 87.2 Å². The average molecular weight is 204 g/mol. The number of nitrogens with one attached hydrogen (secondary N) is 1. The van der Waals surface area contributed by atoms with E-state index in [2.05, 4.69) is 12.2 Å². The third kappa shape index (κ3) is 4.33. The third-order valence-electron chi connectivity index (χ3n) is 2.92. The van der Waals surface area contributed by atoms with Crippen LogP contribution in [0, 0.1) is 0 Å². The normalized spacial score (nSPS) is 20.8. The van der Waals surface area contributed by atoms with Crippen molar-refractivity contribution in [3.05, 3.63) is 0 Å². The monoisotopic (exact) mass is 203 g/mol. The van der Waals surface area contributed by atoms with E-state index in [0.717, 1.165) is 11.9 Å². The Kier molecular flexibility index (Phi) is 5.81. The molecule has 1 rings (SSSR count). The second kappa shape index (κ2) is 6.67. The molecule has 1 nitrogen and oxygen atoms in total. The van der Waals surface area contributed by atoms with Crippen molar-refractivity contribution in [1.82, 2.24) is 5.32 Å². The Bertz CT molecular complexity index is 121. The number of hydrogen-bond donors (Lipinski definition) is 1. The summed E-state index contributed by atoms with van der Waals surface area (Å²) in [6, 6.07) is 1.32. The van der Waals surface area contributed by atoms with Crippen molar-refractivity contribution in [1.29, 1.82) is 0 Å². The fourth-order valence-electron chi connectivity index (χ4n) is 2.08. The Morgan fingerprint density at radius 1 is 1.38 bits per heavy atom. The van der Waals surface area contributed by atoms with Crippen LogP contribution in [0.2, 0.25) is 0 Å². The van der Waals surface area contributed by atoms with E-state index < -0.39 is 0 Å². The van der Waals surface area contributed by atoms with E-state index >= 15 is 0 Å². The minimum Gasteiger partial charge on any atom is -0.310 e. The maximum atomic E-state index is 5.92. The van der Waals surface area contributed by atoms with Crippen LogP contribution in [0.25, 0.3) is 0 Å². The van der Waals surface area contributed by atoms with E-state index in [4.69, 9.17) is 11.6 Å². The summed E-state index contributed by atoms with van der Waals surface area (Å²) in [5.41, 5.74) is 0. The quantitative estimate of drug-likeness (QED) is 0.654. The highest BCUT2D eigenvalue weighted by Crippen LogP contribution is 2.19. The van der Waals surface area contributed by atoms with Crippen molar-refractivity contribution in [2.75, 3.05) is 5.88 Å². The Morgan fingerprint density at radius 2 is 2.08 bits per heavy atom. The van der Waals surface area contributed by atoms with Crippen molar-refractivity contribution in [2.45, 2.75) is 64.0 Å². The van der Waals surface area contributed by atoms with Crippen LogP contribution >= 0.6 is 11.6 Å². The van der Waals surface area contributed by atoms with E-state index in [1.54, 1.807) is 0 Å². The van der Waals surface area contributed by atoms with Crippen LogP contribution in [0.3, 0.4) is 0 Å². The van der Waals surface area contributed by atoms with Crippen LogP contribution < -0.4 is 5.32 Å². The van der Waals surface area contributed by atoms with Crippen LogP contribution in [0.1, 0.15) is 51.9 Å². The number of rotatable bonds is 6. The summed E-state index contributed by atoms with van der Waals surface area (Å²) in [7, 11) is 0. The maximum Gasteiger partial charge on any atom is 0.0377 e. The van der Waals surface area contributed by atoms with Gasteiger partial charge in [0.05, 0.1) is 0 Å².